The summed E-state index contributed by atoms with van der Waals surface area (Å²) >= 11 is 0. The van der Waals surface area contributed by atoms with E-state index in [-0.39, 0.29) is 5.04 Å². The average molecular weight is 402 g/mol. The lowest BCUT2D eigenvalue weighted by Gasteiger charge is -2.40. The highest BCUT2D eigenvalue weighted by Gasteiger charge is 2.42. The van der Waals surface area contributed by atoms with E-state index in [1.54, 1.807) is 0 Å². The van der Waals surface area contributed by atoms with E-state index in [0.29, 0.717) is 18.7 Å². The zero-order chi connectivity index (χ0) is 20.6. The molecule has 0 fully saturated rings. The van der Waals surface area contributed by atoms with E-state index in [1.165, 1.54) is 12.1 Å². The fourth-order valence-corrected chi connectivity index (χ4v) is 4.20. The molecule has 2 aromatic carbocycles. The SMILES string of the molecule is CC(C)(C)[Si](C)(C)OCC1(c2ccccc2)C=C(c2cc(F)ccc2F)CN1. The highest BCUT2D eigenvalue weighted by molar-refractivity contribution is 6.74. The highest BCUT2D eigenvalue weighted by Crippen LogP contribution is 2.40. The zero-order valence-corrected chi connectivity index (χ0v) is 18.3. The lowest BCUT2D eigenvalue weighted by atomic mass is 9.90. The predicted molar refractivity (Wildman–Crippen MR) is 114 cm³/mol. The van der Waals surface area contributed by atoms with Crippen molar-refractivity contribution in [1.29, 1.82) is 0 Å². The van der Waals surface area contributed by atoms with Crippen LogP contribution in [-0.2, 0) is 9.96 Å². The highest BCUT2D eigenvalue weighted by atomic mass is 28.4. The average Bonchev–Trinajstić information content (AvgIpc) is 3.08. The van der Waals surface area contributed by atoms with Crippen molar-refractivity contribution >= 4 is 13.9 Å². The Balaban J connectivity index is 2.00. The first-order valence-electron chi connectivity index (χ1n) is 9.66. The molecular formula is C23H29F2NOSi. The minimum atomic E-state index is -1.98. The van der Waals surface area contributed by atoms with Gasteiger partial charge < -0.3 is 4.43 Å². The normalized spacial score (nSPS) is 20.3. The van der Waals surface area contributed by atoms with Gasteiger partial charge in [-0.3, -0.25) is 5.32 Å². The Morgan fingerprint density at radius 2 is 1.75 bits per heavy atom. The quantitative estimate of drug-likeness (QED) is 0.633. The van der Waals surface area contributed by atoms with Crippen molar-refractivity contribution in [2.75, 3.05) is 13.2 Å². The zero-order valence-electron chi connectivity index (χ0n) is 17.3. The summed E-state index contributed by atoms with van der Waals surface area (Å²) in [6, 6.07) is 13.6. The largest absolute Gasteiger partial charge is 0.414 e. The number of benzene rings is 2. The van der Waals surface area contributed by atoms with E-state index in [4.69, 9.17) is 4.43 Å². The van der Waals surface area contributed by atoms with Gasteiger partial charge >= 0.3 is 0 Å². The smallest absolute Gasteiger partial charge is 0.192 e. The van der Waals surface area contributed by atoms with Crippen LogP contribution in [0.4, 0.5) is 8.78 Å². The summed E-state index contributed by atoms with van der Waals surface area (Å²) < 4.78 is 34.6. The molecule has 3 rings (SSSR count). The van der Waals surface area contributed by atoms with Gasteiger partial charge in [0.15, 0.2) is 8.32 Å². The van der Waals surface area contributed by atoms with Gasteiger partial charge in [-0.2, -0.15) is 0 Å². The van der Waals surface area contributed by atoms with Gasteiger partial charge in [0.05, 0.1) is 12.1 Å². The van der Waals surface area contributed by atoms with Crippen molar-refractivity contribution in [2.24, 2.45) is 0 Å². The minimum absolute atomic E-state index is 0.0880. The summed E-state index contributed by atoms with van der Waals surface area (Å²) in [7, 11) is -1.98. The van der Waals surface area contributed by atoms with Crippen LogP contribution in [0.15, 0.2) is 54.6 Å². The second kappa shape index (κ2) is 7.54. The van der Waals surface area contributed by atoms with Crippen LogP contribution in [0.5, 0.6) is 0 Å². The fourth-order valence-electron chi connectivity index (χ4n) is 3.18. The van der Waals surface area contributed by atoms with Crippen molar-refractivity contribution < 1.29 is 13.2 Å². The first-order valence-corrected chi connectivity index (χ1v) is 12.6. The van der Waals surface area contributed by atoms with E-state index < -0.39 is 25.5 Å². The minimum Gasteiger partial charge on any atom is -0.414 e. The molecule has 0 spiro atoms. The Morgan fingerprint density at radius 1 is 1.07 bits per heavy atom. The molecule has 2 aromatic rings. The summed E-state index contributed by atoms with van der Waals surface area (Å²) in [5.74, 6) is -0.851. The van der Waals surface area contributed by atoms with Gasteiger partial charge in [-0.05, 0) is 47.5 Å². The molecule has 1 aliphatic heterocycles. The van der Waals surface area contributed by atoms with Gasteiger partial charge in [-0.15, -0.1) is 0 Å². The summed E-state index contributed by atoms with van der Waals surface area (Å²) in [5.41, 5.74) is 1.54. The van der Waals surface area contributed by atoms with E-state index >= 15 is 0 Å². The fraction of sp³-hybridized carbons (Fsp3) is 0.391. The van der Waals surface area contributed by atoms with E-state index in [2.05, 4.69) is 39.2 Å². The van der Waals surface area contributed by atoms with Gasteiger partial charge in [0.2, 0.25) is 0 Å². The van der Waals surface area contributed by atoms with Crippen molar-refractivity contribution in [3.63, 3.8) is 0 Å². The van der Waals surface area contributed by atoms with Crippen molar-refractivity contribution in [3.05, 3.63) is 77.4 Å². The van der Waals surface area contributed by atoms with Crippen LogP contribution in [0.1, 0.15) is 31.9 Å². The Hall–Kier alpha value is -1.82. The molecule has 0 saturated heterocycles. The molecule has 2 nitrogen and oxygen atoms in total. The number of rotatable bonds is 5. The Morgan fingerprint density at radius 3 is 2.39 bits per heavy atom. The third-order valence-electron chi connectivity index (χ3n) is 6.05. The van der Waals surface area contributed by atoms with Crippen LogP contribution in [0.25, 0.3) is 5.57 Å². The van der Waals surface area contributed by atoms with E-state index in [0.717, 1.165) is 17.2 Å². The van der Waals surface area contributed by atoms with E-state index in [1.807, 2.05) is 36.4 Å². The van der Waals surface area contributed by atoms with Gasteiger partial charge in [0, 0.05) is 12.1 Å². The molecule has 0 saturated carbocycles. The molecule has 1 unspecified atom stereocenters. The van der Waals surface area contributed by atoms with Crippen molar-refractivity contribution in [3.8, 4) is 0 Å². The molecule has 5 heteroatoms. The maximum atomic E-state index is 14.3. The van der Waals surface area contributed by atoms with Crippen LogP contribution in [0.2, 0.25) is 18.1 Å². The van der Waals surface area contributed by atoms with Gasteiger partial charge in [-0.1, -0.05) is 57.2 Å². The molecule has 1 aliphatic rings. The summed E-state index contributed by atoms with van der Waals surface area (Å²) in [6.07, 6.45) is 2.01. The summed E-state index contributed by atoms with van der Waals surface area (Å²) in [6.45, 7) is 12.0. The third-order valence-corrected chi connectivity index (χ3v) is 10.5. The predicted octanol–water partition coefficient (Wildman–Crippen LogP) is 5.87. The summed E-state index contributed by atoms with van der Waals surface area (Å²) in [4.78, 5) is 0. The molecule has 0 radical (unpaired) electrons. The van der Waals surface area contributed by atoms with Crippen LogP contribution >= 0.6 is 0 Å². The van der Waals surface area contributed by atoms with Gasteiger partial charge in [0.1, 0.15) is 11.6 Å². The molecule has 28 heavy (non-hydrogen) atoms. The number of nitrogens with one attached hydrogen (secondary N) is 1. The van der Waals surface area contributed by atoms with E-state index in [9.17, 15) is 8.78 Å². The number of hydrogen-bond donors (Lipinski definition) is 1. The molecule has 0 aliphatic carbocycles. The molecule has 1 heterocycles. The second-order valence-corrected chi connectivity index (χ2v) is 13.8. The monoisotopic (exact) mass is 401 g/mol. The van der Waals surface area contributed by atoms with Crippen molar-refractivity contribution in [1.82, 2.24) is 5.32 Å². The first-order chi connectivity index (χ1) is 13.0. The van der Waals surface area contributed by atoms with Crippen molar-refractivity contribution in [2.45, 2.75) is 44.4 Å². The molecule has 150 valence electrons. The molecule has 0 bridgehead atoms. The number of hydrogen-bond acceptors (Lipinski definition) is 2. The molecule has 1 atom stereocenters. The Labute approximate surface area is 167 Å². The standard InChI is InChI=1S/C23H29F2NOSi/c1-22(2,3)28(4,5)27-16-23(18-9-7-6-8-10-18)14-17(15-26-23)20-13-19(24)11-12-21(20)25/h6-14,26H,15-16H2,1-5H3. The second-order valence-electron chi connectivity index (χ2n) is 9.03. The van der Waals surface area contributed by atoms with Crippen LogP contribution < -0.4 is 5.32 Å². The molecule has 1 N–H and O–H groups in total. The van der Waals surface area contributed by atoms with Gasteiger partial charge in [-0.25, -0.2) is 8.78 Å². The van der Waals surface area contributed by atoms with Gasteiger partial charge in [0.25, 0.3) is 0 Å². The Kier molecular flexibility index (Phi) is 5.63. The first kappa shape index (κ1) is 20.9. The number of halogens is 2. The molecular weight excluding hydrogens is 372 g/mol. The Bertz CT molecular complexity index is 874. The third kappa shape index (κ3) is 4.12. The van der Waals surface area contributed by atoms with Crippen LogP contribution in [0.3, 0.4) is 0 Å². The maximum Gasteiger partial charge on any atom is 0.192 e. The summed E-state index contributed by atoms with van der Waals surface area (Å²) in [5, 5.41) is 3.61. The maximum absolute atomic E-state index is 14.3. The molecule has 0 aromatic heterocycles. The van der Waals surface area contributed by atoms with Crippen LogP contribution in [0, 0.1) is 11.6 Å². The van der Waals surface area contributed by atoms with Crippen LogP contribution in [-0.4, -0.2) is 21.5 Å². The topological polar surface area (TPSA) is 21.3 Å². The molecule has 0 amide bonds. The lowest BCUT2D eigenvalue weighted by molar-refractivity contribution is 0.210. The lowest BCUT2D eigenvalue weighted by Crippen LogP contribution is -2.48.